The van der Waals surface area contributed by atoms with Crippen molar-refractivity contribution in [2.24, 2.45) is 0 Å². The van der Waals surface area contributed by atoms with E-state index in [1.54, 1.807) is 18.1 Å². The first-order valence-electron chi connectivity index (χ1n) is 10.2. The van der Waals surface area contributed by atoms with E-state index in [4.69, 9.17) is 4.74 Å². The molecule has 0 aliphatic rings. The summed E-state index contributed by atoms with van der Waals surface area (Å²) >= 11 is 0. The third kappa shape index (κ3) is 5.54. The second-order valence-corrected chi connectivity index (χ2v) is 7.13. The van der Waals surface area contributed by atoms with Crippen molar-refractivity contribution in [3.05, 3.63) is 96.3 Å². The lowest BCUT2D eigenvalue weighted by Gasteiger charge is -2.23. The van der Waals surface area contributed by atoms with Gasteiger partial charge in [0.15, 0.2) is 0 Å². The van der Waals surface area contributed by atoms with Crippen molar-refractivity contribution >= 4 is 11.7 Å². The molecule has 2 aromatic carbocycles. The van der Waals surface area contributed by atoms with E-state index in [0.717, 1.165) is 29.1 Å². The fourth-order valence-electron chi connectivity index (χ4n) is 3.31. The Morgan fingerprint density at radius 3 is 2.63 bits per heavy atom. The van der Waals surface area contributed by atoms with Gasteiger partial charge in [-0.15, -0.1) is 6.58 Å². The van der Waals surface area contributed by atoms with Gasteiger partial charge in [-0.3, -0.25) is 0 Å². The van der Waals surface area contributed by atoms with Crippen LogP contribution < -0.4 is 10.1 Å². The standard InChI is InChI=1S/C25H29N3O2/c1-4-15-28(25(29)26-22-13-11-20(5-2)12-14-22)19-23-9-7-16-27(23)18-21-8-6-10-24(17-21)30-3/h4,6-14,16-17H,1,5,15,18-19H2,2-3H3,(H,26,29). The summed E-state index contributed by atoms with van der Waals surface area (Å²) in [4.78, 5) is 14.6. The van der Waals surface area contributed by atoms with E-state index < -0.39 is 0 Å². The SMILES string of the molecule is C=CCN(Cc1cccn1Cc1cccc(OC)c1)C(=O)Nc1ccc(CC)cc1. The van der Waals surface area contributed by atoms with Gasteiger partial charge >= 0.3 is 6.03 Å². The lowest BCUT2D eigenvalue weighted by molar-refractivity contribution is 0.214. The number of anilines is 1. The van der Waals surface area contributed by atoms with E-state index >= 15 is 0 Å². The number of hydrogen-bond acceptors (Lipinski definition) is 2. The molecule has 0 atom stereocenters. The second kappa shape index (κ2) is 10.3. The summed E-state index contributed by atoms with van der Waals surface area (Å²) in [7, 11) is 1.67. The van der Waals surface area contributed by atoms with Gasteiger partial charge in [-0.05, 0) is 53.9 Å². The predicted molar refractivity (Wildman–Crippen MR) is 122 cm³/mol. The molecule has 5 heteroatoms. The number of hydrogen-bond donors (Lipinski definition) is 1. The van der Waals surface area contributed by atoms with Crippen molar-refractivity contribution in [1.82, 2.24) is 9.47 Å². The van der Waals surface area contributed by atoms with Crippen LogP contribution in [0.4, 0.5) is 10.5 Å². The van der Waals surface area contributed by atoms with E-state index in [-0.39, 0.29) is 6.03 Å². The molecule has 1 N–H and O–H groups in total. The van der Waals surface area contributed by atoms with Crippen LogP contribution in [-0.2, 0) is 19.5 Å². The van der Waals surface area contributed by atoms with Gasteiger partial charge in [-0.1, -0.05) is 37.3 Å². The van der Waals surface area contributed by atoms with E-state index in [1.165, 1.54) is 5.56 Å². The van der Waals surface area contributed by atoms with E-state index in [9.17, 15) is 4.79 Å². The molecule has 0 unspecified atom stereocenters. The molecule has 3 rings (SSSR count). The molecule has 1 heterocycles. The predicted octanol–water partition coefficient (Wildman–Crippen LogP) is 5.33. The Morgan fingerprint density at radius 1 is 1.13 bits per heavy atom. The zero-order valence-corrected chi connectivity index (χ0v) is 17.7. The monoisotopic (exact) mass is 403 g/mol. The smallest absolute Gasteiger partial charge is 0.322 e. The fraction of sp³-hybridized carbons (Fsp3) is 0.240. The van der Waals surface area contributed by atoms with Crippen LogP contribution in [0, 0.1) is 0 Å². The van der Waals surface area contributed by atoms with Crippen LogP contribution in [0.2, 0.25) is 0 Å². The summed E-state index contributed by atoms with van der Waals surface area (Å²) in [6.45, 7) is 7.58. The number of aryl methyl sites for hydroxylation is 1. The van der Waals surface area contributed by atoms with E-state index in [0.29, 0.717) is 19.6 Å². The van der Waals surface area contributed by atoms with E-state index in [2.05, 4.69) is 29.5 Å². The molecule has 5 nitrogen and oxygen atoms in total. The number of carbonyl (C=O) groups excluding carboxylic acids is 1. The molecule has 0 saturated heterocycles. The molecule has 0 radical (unpaired) electrons. The molecule has 0 aliphatic carbocycles. The topological polar surface area (TPSA) is 46.5 Å². The average molecular weight is 404 g/mol. The van der Waals surface area contributed by atoms with Crippen molar-refractivity contribution in [2.45, 2.75) is 26.4 Å². The number of ether oxygens (including phenoxy) is 1. The molecular weight excluding hydrogens is 374 g/mol. The Bertz CT molecular complexity index is 976. The third-order valence-corrected chi connectivity index (χ3v) is 5.01. The van der Waals surface area contributed by atoms with Crippen LogP contribution in [0.25, 0.3) is 0 Å². The molecule has 0 spiro atoms. The highest BCUT2D eigenvalue weighted by molar-refractivity contribution is 5.89. The molecular formula is C25H29N3O2. The Morgan fingerprint density at radius 2 is 1.93 bits per heavy atom. The van der Waals surface area contributed by atoms with Gasteiger partial charge in [-0.2, -0.15) is 0 Å². The van der Waals surface area contributed by atoms with Gasteiger partial charge < -0.3 is 19.5 Å². The van der Waals surface area contributed by atoms with Gasteiger partial charge in [0.25, 0.3) is 0 Å². The maximum absolute atomic E-state index is 12.9. The Balaban J connectivity index is 1.70. The molecule has 0 fully saturated rings. The first kappa shape index (κ1) is 21.2. The lowest BCUT2D eigenvalue weighted by atomic mass is 10.1. The van der Waals surface area contributed by atoms with Crippen LogP contribution in [-0.4, -0.2) is 29.2 Å². The first-order chi connectivity index (χ1) is 14.6. The van der Waals surface area contributed by atoms with Crippen molar-refractivity contribution < 1.29 is 9.53 Å². The highest BCUT2D eigenvalue weighted by Crippen LogP contribution is 2.17. The Hall–Kier alpha value is -3.47. The van der Waals surface area contributed by atoms with Crippen LogP contribution in [0.1, 0.15) is 23.7 Å². The minimum absolute atomic E-state index is 0.145. The summed E-state index contributed by atoms with van der Waals surface area (Å²) in [6.07, 6.45) is 4.75. The molecule has 30 heavy (non-hydrogen) atoms. The zero-order chi connectivity index (χ0) is 21.3. The molecule has 0 aliphatic heterocycles. The summed E-state index contributed by atoms with van der Waals surface area (Å²) in [6, 6.07) is 19.9. The average Bonchev–Trinajstić information content (AvgIpc) is 3.20. The number of rotatable bonds is 9. The Labute approximate surface area is 178 Å². The van der Waals surface area contributed by atoms with Gasteiger partial charge in [0.05, 0.1) is 13.7 Å². The number of urea groups is 1. The quantitative estimate of drug-likeness (QED) is 0.491. The fourth-order valence-corrected chi connectivity index (χ4v) is 3.31. The second-order valence-electron chi connectivity index (χ2n) is 7.13. The molecule has 2 amide bonds. The normalized spacial score (nSPS) is 10.5. The van der Waals surface area contributed by atoms with Gasteiger partial charge in [0.2, 0.25) is 0 Å². The molecule has 1 aromatic heterocycles. The van der Waals surface area contributed by atoms with Crippen LogP contribution in [0.5, 0.6) is 5.75 Å². The number of nitrogens with zero attached hydrogens (tertiary/aromatic N) is 2. The van der Waals surface area contributed by atoms with Crippen LogP contribution in [0.3, 0.4) is 0 Å². The van der Waals surface area contributed by atoms with Crippen molar-refractivity contribution in [1.29, 1.82) is 0 Å². The number of carbonyl (C=O) groups is 1. The summed E-state index contributed by atoms with van der Waals surface area (Å²) in [5.41, 5.74) is 4.23. The molecule has 0 saturated carbocycles. The van der Waals surface area contributed by atoms with Crippen LogP contribution in [0.15, 0.2) is 79.5 Å². The number of aromatic nitrogens is 1. The largest absolute Gasteiger partial charge is 0.497 e. The number of nitrogens with one attached hydrogen (secondary N) is 1. The molecule has 3 aromatic rings. The van der Waals surface area contributed by atoms with Gasteiger partial charge in [0, 0.05) is 30.7 Å². The van der Waals surface area contributed by atoms with Gasteiger partial charge in [0.1, 0.15) is 5.75 Å². The minimum Gasteiger partial charge on any atom is -0.497 e. The minimum atomic E-state index is -0.145. The first-order valence-corrected chi connectivity index (χ1v) is 10.2. The lowest BCUT2D eigenvalue weighted by Crippen LogP contribution is -2.35. The summed E-state index contributed by atoms with van der Waals surface area (Å²) < 4.78 is 7.47. The third-order valence-electron chi connectivity index (χ3n) is 5.01. The summed E-state index contributed by atoms with van der Waals surface area (Å²) in [5, 5.41) is 2.99. The zero-order valence-electron chi connectivity index (χ0n) is 17.7. The van der Waals surface area contributed by atoms with Crippen molar-refractivity contribution in [3.8, 4) is 5.75 Å². The summed E-state index contributed by atoms with van der Waals surface area (Å²) in [5.74, 6) is 0.836. The Kier molecular flexibility index (Phi) is 7.33. The molecule has 156 valence electrons. The maximum Gasteiger partial charge on any atom is 0.322 e. The van der Waals surface area contributed by atoms with Crippen molar-refractivity contribution in [2.75, 3.05) is 19.0 Å². The molecule has 0 bridgehead atoms. The number of benzene rings is 2. The van der Waals surface area contributed by atoms with Crippen molar-refractivity contribution in [3.63, 3.8) is 0 Å². The number of amides is 2. The maximum atomic E-state index is 12.9. The highest BCUT2D eigenvalue weighted by atomic mass is 16.5. The van der Waals surface area contributed by atoms with Gasteiger partial charge in [-0.25, -0.2) is 4.79 Å². The van der Waals surface area contributed by atoms with E-state index in [1.807, 2.05) is 60.8 Å². The number of methoxy groups -OCH3 is 1. The highest BCUT2D eigenvalue weighted by Gasteiger charge is 2.15. The van der Waals surface area contributed by atoms with Crippen LogP contribution >= 0.6 is 0 Å².